The van der Waals surface area contributed by atoms with Gasteiger partial charge in [0.05, 0.1) is 17.6 Å². The number of aliphatic hydroxyl groups excluding tert-OH is 1. The highest BCUT2D eigenvalue weighted by Crippen LogP contribution is 2.28. The number of imidazole rings is 1. The van der Waals surface area contributed by atoms with Gasteiger partial charge in [-0.3, -0.25) is 9.59 Å². The third-order valence-corrected chi connectivity index (χ3v) is 4.90. The van der Waals surface area contributed by atoms with Crippen LogP contribution in [0.25, 0.3) is 11.0 Å². The van der Waals surface area contributed by atoms with Crippen molar-refractivity contribution in [3.8, 4) is 0 Å². The fraction of sp³-hybridized carbons (Fsp3) is 0.333. The van der Waals surface area contributed by atoms with Gasteiger partial charge in [0.2, 0.25) is 5.95 Å². The first-order valence-electron chi connectivity index (χ1n) is 9.75. The number of hydrogen-bond donors (Lipinski definition) is 4. The van der Waals surface area contributed by atoms with E-state index in [1.165, 1.54) is 5.56 Å². The number of rotatable bonds is 5. The van der Waals surface area contributed by atoms with Crippen LogP contribution in [-0.2, 0) is 22.6 Å². The Morgan fingerprint density at radius 3 is 2.48 bits per heavy atom. The summed E-state index contributed by atoms with van der Waals surface area (Å²) in [4.78, 5) is 28.1. The van der Waals surface area contributed by atoms with Crippen molar-refractivity contribution in [1.29, 1.82) is 0 Å². The predicted molar refractivity (Wildman–Crippen MR) is 117 cm³/mol. The molecular weight excluding hydrogens is 402 g/mol. The number of nitrogens with zero attached hydrogens (tertiary/aromatic N) is 4. The molecule has 10 nitrogen and oxygen atoms in total. The Kier molecular flexibility index (Phi) is 9.24. The lowest BCUT2D eigenvalue weighted by molar-refractivity contribution is -0.123. The van der Waals surface area contributed by atoms with Crippen molar-refractivity contribution >= 4 is 35.7 Å². The molecule has 0 bridgehead atoms. The van der Waals surface area contributed by atoms with Crippen LogP contribution in [0.2, 0.25) is 0 Å². The second kappa shape index (κ2) is 12.1. The van der Waals surface area contributed by atoms with E-state index in [-0.39, 0.29) is 19.6 Å². The number of carboxylic acid groups (broad SMARTS) is 2. The van der Waals surface area contributed by atoms with Crippen molar-refractivity contribution in [2.45, 2.75) is 19.4 Å². The van der Waals surface area contributed by atoms with Crippen LogP contribution >= 0.6 is 0 Å². The summed E-state index contributed by atoms with van der Waals surface area (Å²) in [6, 6.07) is 12.0. The van der Waals surface area contributed by atoms with Gasteiger partial charge in [-0.1, -0.05) is 18.2 Å². The van der Waals surface area contributed by atoms with Gasteiger partial charge in [-0.15, -0.1) is 0 Å². The minimum Gasteiger partial charge on any atom is -0.483 e. The number of hydrogen-bond acceptors (Lipinski definition) is 7. The van der Waals surface area contributed by atoms with Gasteiger partial charge in [0, 0.05) is 25.8 Å². The molecule has 31 heavy (non-hydrogen) atoms. The molecule has 0 spiro atoms. The number of carbonyl (C=O) groups is 2. The third kappa shape index (κ3) is 6.41. The van der Waals surface area contributed by atoms with Gasteiger partial charge in [-0.05, 0) is 42.5 Å². The number of benzene rings is 1. The molecule has 0 saturated carbocycles. The maximum absolute atomic E-state index is 9.45. The number of nitrogens with two attached hydrogens (primary N) is 1. The zero-order valence-electron chi connectivity index (χ0n) is 17.0. The van der Waals surface area contributed by atoms with Gasteiger partial charge in [0.15, 0.2) is 0 Å². The minimum absolute atomic E-state index is 0.113. The van der Waals surface area contributed by atoms with Crippen LogP contribution in [0.4, 0.5) is 11.8 Å². The number of aliphatic hydroxyl groups is 1. The fourth-order valence-corrected chi connectivity index (χ4v) is 3.70. The summed E-state index contributed by atoms with van der Waals surface area (Å²) in [5.74, 6) is 2.11. The molecule has 1 saturated heterocycles. The highest BCUT2D eigenvalue weighted by molar-refractivity contribution is 5.78. The standard InChI is InChI=1S/C19H23N5O.2CH2O2/c20-18-6-5-14(12-21-18)11-15-7-8-23(13-15)19-22-16-3-1-2-4-17(16)24(19)9-10-25;2*2-1-3/h1-6,12,15,25H,7-11,13H2,(H2,20,21);2*1H,(H,2,3). The van der Waals surface area contributed by atoms with Crippen LogP contribution in [0.3, 0.4) is 0 Å². The summed E-state index contributed by atoms with van der Waals surface area (Å²) in [5.41, 5.74) is 8.96. The largest absolute Gasteiger partial charge is 0.483 e. The lowest BCUT2D eigenvalue weighted by atomic mass is 10.00. The van der Waals surface area contributed by atoms with Crippen LogP contribution in [-0.4, -0.2) is 62.5 Å². The van der Waals surface area contributed by atoms with Gasteiger partial charge in [0.1, 0.15) is 5.82 Å². The molecule has 10 heteroatoms. The molecule has 166 valence electrons. The van der Waals surface area contributed by atoms with Crippen LogP contribution in [0, 0.1) is 5.92 Å². The molecule has 1 unspecified atom stereocenters. The highest BCUT2D eigenvalue weighted by atomic mass is 16.3. The van der Waals surface area contributed by atoms with E-state index in [1.807, 2.05) is 30.5 Å². The molecule has 2 aromatic heterocycles. The molecule has 1 fully saturated rings. The first-order chi connectivity index (χ1) is 15.1. The van der Waals surface area contributed by atoms with Gasteiger partial charge < -0.3 is 30.5 Å². The zero-order valence-corrected chi connectivity index (χ0v) is 17.0. The van der Waals surface area contributed by atoms with E-state index in [1.54, 1.807) is 0 Å². The Hall–Kier alpha value is -3.66. The van der Waals surface area contributed by atoms with Crippen molar-refractivity contribution in [2.24, 2.45) is 5.92 Å². The van der Waals surface area contributed by atoms with Gasteiger partial charge in [-0.25, -0.2) is 9.97 Å². The summed E-state index contributed by atoms with van der Waals surface area (Å²) in [6.45, 7) is 2.14. The number of anilines is 2. The molecule has 3 heterocycles. The SMILES string of the molecule is Nc1ccc(CC2CCN(c3nc4ccccc4n3CCO)C2)cn1.O=CO.O=CO. The molecule has 1 aliphatic rings. The Bertz CT molecular complexity index is 954. The topological polar surface area (TPSA) is 155 Å². The van der Waals surface area contributed by atoms with Gasteiger partial charge in [-0.2, -0.15) is 0 Å². The summed E-state index contributed by atoms with van der Waals surface area (Å²) < 4.78 is 2.13. The first-order valence-corrected chi connectivity index (χ1v) is 9.75. The molecule has 1 atom stereocenters. The summed E-state index contributed by atoms with van der Waals surface area (Å²) in [7, 11) is 0. The quantitative estimate of drug-likeness (QED) is 0.441. The Balaban J connectivity index is 0.000000513. The molecule has 0 amide bonds. The highest BCUT2D eigenvalue weighted by Gasteiger charge is 2.26. The average molecular weight is 429 g/mol. The Morgan fingerprint density at radius 1 is 1.13 bits per heavy atom. The normalized spacial score (nSPS) is 14.9. The second-order valence-corrected chi connectivity index (χ2v) is 6.88. The maximum Gasteiger partial charge on any atom is 0.290 e. The predicted octanol–water partition coefficient (Wildman–Crippen LogP) is 1.48. The minimum atomic E-state index is -0.250. The van der Waals surface area contributed by atoms with E-state index >= 15 is 0 Å². The average Bonchev–Trinajstić information content (AvgIpc) is 3.36. The molecular formula is C21H27N5O5. The molecule has 3 aromatic rings. The first kappa shape index (κ1) is 23.6. The number of pyridine rings is 1. The van der Waals surface area contributed by atoms with Crippen molar-refractivity contribution in [1.82, 2.24) is 14.5 Å². The monoisotopic (exact) mass is 429 g/mol. The summed E-state index contributed by atoms with van der Waals surface area (Å²) >= 11 is 0. The van der Waals surface area contributed by atoms with Crippen LogP contribution in [0.5, 0.6) is 0 Å². The van der Waals surface area contributed by atoms with Crippen molar-refractivity contribution in [2.75, 3.05) is 30.3 Å². The Morgan fingerprint density at radius 2 is 1.84 bits per heavy atom. The molecule has 1 aromatic carbocycles. The molecule has 0 aliphatic carbocycles. The lowest BCUT2D eigenvalue weighted by Gasteiger charge is -2.19. The van der Waals surface area contributed by atoms with E-state index in [0.717, 1.165) is 42.9 Å². The zero-order chi connectivity index (χ0) is 22.6. The number of para-hydroxylation sites is 2. The van der Waals surface area contributed by atoms with E-state index < -0.39 is 0 Å². The maximum atomic E-state index is 9.45. The fourth-order valence-electron chi connectivity index (χ4n) is 3.70. The summed E-state index contributed by atoms with van der Waals surface area (Å²) in [5, 5.41) is 23.2. The van der Waals surface area contributed by atoms with Crippen LogP contribution in [0.15, 0.2) is 42.6 Å². The van der Waals surface area contributed by atoms with Crippen molar-refractivity contribution in [3.63, 3.8) is 0 Å². The number of aromatic nitrogens is 3. The van der Waals surface area contributed by atoms with Crippen molar-refractivity contribution < 1.29 is 24.9 Å². The van der Waals surface area contributed by atoms with E-state index in [9.17, 15) is 5.11 Å². The second-order valence-electron chi connectivity index (χ2n) is 6.88. The molecule has 5 N–H and O–H groups in total. The molecule has 4 rings (SSSR count). The molecule has 0 radical (unpaired) electrons. The van der Waals surface area contributed by atoms with Crippen molar-refractivity contribution in [3.05, 3.63) is 48.2 Å². The molecule has 1 aliphatic heterocycles. The summed E-state index contributed by atoms with van der Waals surface area (Å²) in [6.07, 6.45) is 4.01. The smallest absolute Gasteiger partial charge is 0.290 e. The Labute approximate surface area is 179 Å². The van der Waals surface area contributed by atoms with Crippen LogP contribution < -0.4 is 10.6 Å². The third-order valence-electron chi connectivity index (χ3n) is 4.90. The van der Waals surface area contributed by atoms with E-state index in [4.69, 9.17) is 30.5 Å². The van der Waals surface area contributed by atoms with Gasteiger partial charge >= 0.3 is 0 Å². The number of nitrogen functional groups attached to an aromatic ring is 1. The van der Waals surface area contributed by atoms with Crippen LogP contribution in [0.1, 0.15) is 12.0 Å². The van der Waals surface area contributed by atoms with E-state index in [2.05, 4.69) is 26.6 Å². The van der Waals surface area contributed by atoms with E-state index in [0.29, 0.717) is 18.3 Å². The lowest BCUT2D eigenvalue weighted by Crippen LogP contribution is -2.24. The van der Waals surface area contributed by atoms with Gasteiger partial charge in [0.25, 0.3) is 12.9 Å². The number of fused-ring (bicyclic) bond motifs is 1.